The van der Waals surface area contributed by atoms with Crippen LogP contribution in [0.3, 0.4) is 0 Å². The summed E-state index contributed by atoms with van der Waals surface area (Å²) < 4.78 is 21.8. The van der Waals surface area contributed by atoms with Gasteiger partial charge in [-0.3, -0.25) is 14.7 Å². The fraction of sp³-hybridized carbons (Fsp3) is 0.375. The molecule has 0 saturated heterocycles. The minimum Gasteiger partial charge on any atom is -0.477 e. The van der Waals surface area contributed by atoms with Crippen molar-refractivity contribution in [3.63, 3.8) is 0 Å². The molecule has 0 atom stereocenters. The maximum atomic E-state index is 12.1. The zero-order valence-electron chi connectivity index (χ0n) is 18.3. The van der Waals surface area contributed by atoms with Gasteiger partial charge in [0.05, 0.1) is 12.2 Å². The number of aryl methyl sites for hydroxylation is 2. The van der Waals surface area contributed by atoms with E-state index in [0.717, 1.165) is 27.6 Å². The second-order valence-corrected chi connectivity index (χ2v) is 7.80. The molecule has 4 rings (SSSR count). The summed E-state index contributed by atoms with van der Waals surface area (Å²) in [5.41, 5.74) is 3.75. The maximum Gasteiger partial charge on any atom is 0.336 e. The van der Waals surface area contributed by atoms with Gasteiger partial charge < -0.3 is 18.6 Å². The van der Waals surface area contributed by atoms with Gasteiger partial charge in [-0.25, -0.2) is 4.79 Å². The smallest absolute Gasteiger partial charge is 0.336 e. The minimum absolute atomic E-state index is 0.222. The number of rotatable bonds is 8. The molecule has 0 saturated carbocycles. The van der Waals surface area contributed by atoms with Gasteiger partial charge in [-0.1, -0.05) is 6.07 Å². The first-order valence-corrected chi connectivity index (χ1v) is 10.5. The molecule has 8 heteroatoms. The molecule has 1 aliphatic heterocycles. The Balaban J connectivity index is 1.63. The number of methoxy groups -OCH3 is 1. The quantitative estimate of drug-likeness (QED) is 0.301. The highest BCUT2D eigenvalue weighted by Crippen LogP contribution is 2.37. The molecule has 0 aliphatic carbocycles. The third kappa shape index (κ3) is 4.98. The van der Waals surface area contributed by atoms with E-state index < -0.39 is 5.63 Å². The Kier molecular flexibility index (Phi) is 6.82. The lowest BCUT2D eigenvalue weighted by Gasteiger charge is -2.31. The Morgan fingerprint density at radius 2 is 2.16 bits per heavy atom. The first kappa shape index (κ1) is 22.0. The van der Waals surface area contributed by atoms with Crippen LogP contribution in [0.15, 0.2) is 45.9 Å². The van der Waals surface area contributed by atoms with Crippen LogP contribution in [0.4, 0.5) is 0 Å². The highest BCUT2D eigenvalue weighted by Gasteiger charge is 2.25. The molecule has 1 aromatic carbocycles. The van der Waals surface area contributed by atoms with Crippen molar-refractivity contribution in [2.24, 2.45) is 0 Å². The third-order valence-corrected chi connectivity index (χ3v) is 5.42. The Hall–Kier alpha value is -3.23. The van der Waals surface area contributed by atoms with E-state index in [2.05, 4.69) is 9.88 Å². The number of fused-ring (bicyclic) bond motifs is 3. The molecule has 3 aromatic rings. The molecule has 3 heterocycles. The fourth-order valence-corrected chi connectivity index (χ4v) is 3.89. The van der Waals surface area contributed by atoms with Gasteiger partial charge in [-0.2, -0.15) is 0 Å². The van der Waals surface area contributed by atoms with Crippen molar-refractivity contribution < 1.29 is 23.4 Å². The molecule has 32 heavy (non-hydrogen) atoms. The maximum absolute atomic E-state index is 12.1. The lowest BCUT2D eigenvalue weighted by atomic mass is 9.97. The number of esters is 1. The highest BCUT2D eigenvalue weighted by molar-refractivity contribution is 5.86. The van der Waals surface area contributed by atoms with Crippen LogP contribution in [0.25, 0.3) is 11.0 Å². The van der Waals surface area contributed by atoms with Gasteiger partial charge in [-0.05, 0) is 42.2 Å². The van der Waals surface area contributed by atoms with Crippen LogP contribution in [0, 0.1) is 6.92 Å². The van der Waals surface area contributed by atoms with Crippen molar-refractivity contribution in [3.05, 3.63) is 69.3 Å². The first-order chi connectivity index (χ1) is 15.5. The SMILES string of the molecule is COCCOC(=O)CCc1cc2c(C)cc(=O)oc2c2c1OCN(Cc1cccnc1)C2. The lowest BCUT2D eigenvalue weighted by Crippen LogP contribution is -2.32. The average molecular weight is 438 g/mol. The number of nitrogens with zero attached hydrogens (tertiary/aromatic N) is 2. The summed E-state index contributed by atoms with van der Waals surface area (Å²) in [6, 6.07) is 7.34. The van der Waals surface area contributed by atoms with Gasteiger partial charge in [0.1, 0.15) is 24.7 Å². The lowest BCUT2D eigenvalue weighted by molar-refractivity contribution is -0.144. The van der Waals surface area contributed by atoms with Gasteiger partial charge in [0.2, 0.25) is 0 Å². The topological polar surface area (TPSA) is 91.1 Å². The van der Waals surface area contributed by atoms with E-state index in [4.69, 9.17) is 18.6 Å². The Morgan fingerprint density at radius 3 is 2.94 bits per heavy atom. The van der Waals surface area contributed by atoms with E-state index in [0.29, 0.717) is 44.2 Å². The second kappa shape index (κ2) is 9.93. The van der Waals surface area contributed by atoms with Gasteiger partial charge >= 0.3 is 11.6 Å². The summed E-state index contributed by atoms with van der Waals surface area (Å²) >= 11 is 0. The third-order valence-electron chi connectivity index (χ3n) is 5.42. The van der Waals surface area contributed by atoms with Crippen LogP contribution in [-0.4, -0.2) is 42.9 Å². The number of benzene rings is 1. The van der Waals surface area contributed by atoms with Crippen molar-refractivity contribution in [1.29, 1.82) is 0 Å². The van der Waals surface area contributed by atoms with Crippen molar-refractivity contribution in [2.75, 3.05) is 27.1 Å². The molecule has 0 radical (unpaired) electrons. The number of hydrogen-bond donors (Lipinski definition) is 0. The molecule has 2 aromatic heterocycles. The van der Waals surface area contributed by atoms with Crippen LogP contribution in [0.2, 0.25) is 0 Å². The number of pyridine rings is 1. The van der Waals surface area contributed by atoms with Crippen LogP contribution >= 0.6 is 0 Å². The monoisotopic (exact) mass is 438 g/mol. The zero-order valence-corrected chi connectivity index (χ0v) is 18.3. The first-order valence-electron chi connectivity index (χ1n) is 10.5. The van der Waals surface area contributed by atoms with E-state index in [1.54, 1.807) is 13.3 Å². The number of hydrogen-bond acceptors (Lipinski definition) is 8. The van der Waals surface area contributed by atoms with E-state index in [1.807, 2.05) is 31.3 Å². The van der Waals surface area contributed by atoms with Crippen LogP contribution in [-0.2, 0) is 33.8 Å². The van der Waals surface area contributed by atoms with Crippen LogP contribution < -0.4 is 10.4 Å². The van der Waals surface area contributed by atoms with Crippen LogP contribution in [0.1, 0.15) is 28.7 Å². The van der Waals surface area contributed by atoms with E-state index in [1.165, 1.54) is 6.07 Å². The van der Waals surface area contributed by atoms with Crippen molar-refractivity contribution >= 4 is 16.9 Å². The molecule has 1 aliphatic rings. The summed E-state index contributed by atoms with van der Waals surface area (Å²) in [7, 11) is 1.56. The van der Waals surface area contributed by atoms with Gasteiger partial charge in [0, 0.05) is 50.5 Å². The van der Waals surface area contributed by atoms with E-state index in [-0.39, 0.29) is 19.0 Å². The standard InChI is InChI=1S/C24H26N2O6/c1-16-10-22(28)32-24-19(16)11-18(5-6-21(27)30-9-8-29-2)23-20(24)14-26(15-31-23)13-17-4-3-7-25-12-17/h3-4,7,10-12H,5-6,8-9,13-15H2,1-2H3. The normalized spacial score (nSPS) is 13.6. The summed E-state index contributed by atoms with van der Waals surface area (Å²) in [6.45, 7) is 4.07. The number of aromatic nitrogens is 1. The van der Waals surface area contributed by atoms with Crippen molar-refractivity contribution in [3.8, 4) is 5.75 Å². The summed E-state index contributed by atoms with van der Waals surface area (Å²) in [6.07, 6.45) is 4.25. The summed E-state index contributed by atoms with van der Waals surface area (Å²) in [4.78, 5) is 30.5. The number of carbonyl (C=O) groups excluding carboxylic acids is 1. The van der Waals surface area contributed by atoms with E-state index >= 15 is 0 Å². The predicted octanol–water partition coefficient (Wildman–Crippen LogP) is 2.97. The number of ether oxygens (including phenoxy) is 3. The Morgan fingerprint density at radius 1 is 1.28 bits per heavy atom. The molecule has 0 bridgehead atoms. The molecular weight excluding hydrogens is 412 g/mol. The molecule has 0 N–H and O–H groups in total. The highest BCUT2D eigenvalue weighted by atomic mass is 16.6. The molecule has 168 valence electrons. The molecule has 0 amide bonds. The Labute approximate surface area is 185 Å². The molecule has 0 spiro atoms. The predicted molar refractivity (Wildman–Crippen MR) is 117 cm³/mol. The second-order valence-electron chi connectivity index (χ2n) is 7.80. The minimum atomic E-state index is -0.393. The molecular formula is C24H26N2O6. The van der Waals surface area contributed by atoms with E-state index in [9.17, 15) is 9.59 Å². The number of carbonyl (C=O) groups is 1. The fourth-order valence-electron chi connectivity index (χ4n) is 3.89. The largest absolute Gasteiger partial charge is 0.477 e. The summed E-state index contributed by atoms with van der Waals surface area (Å²) in [5.74, 6) is 0.389. The zero-order chi connectivity index (χ0) is 22.5. The van der Waals surface area contributed by atoms with Crippen molar-refractivity contribution in [1.82, 2.24) is 9.88 Å². The summed E-state index contributed by atoms with van der Waals surface area (Å²) in [5, 5.41) is 0.845. The van der Waals surface area contributed by atoms with Crippen molar-refractivity contribution in [2.45, 2.75) is 32.9 Å². The Bertz CT molecular complexity index is 1160. The van der Waals surface area contributed by atoms with Gasteiger partial charge in [0.15, 0.2) is 0 Å². The molecule has 0 unspecified atom stereocenters. The molecule has 8 nitrogen and oxygen atoms in total. The van der Waals surface area contributed by atoms with Gasteiger partial charge in [0.25, 0.3) is 0 Å². The van der Waals surface area contributed by atoms with Gasteiger partial charge in [-0.15, -0.1) is 0 Å². The van der Waals surface area contributed by atoms with Crippen LogP contribution in [0.5, 0.6) is 5.75 Å². The average Bonchev–Trinajstić information content (AvgIpc) is 2.78. The molecule has 0 fully saturated rings.